The zero-order valence-electron chi connectivity index (χ0n) is 11.5. The first-order valence-electron chi connectivity index (χ1n) is 6.55. The molecule has 1 aromatic rings. The van der Waals surface area contributed by atoms with Crippen molar-refractivity contribution in [1.82, 2.24) is 0 Å². The molecule has 19 heavy (non-hydrogen) atoms. The number of nitrogens with two attached hydrogens (primary N) is 1. The van der Waals surface area contributed by atoms with Gasteiger partial charge in [0.25, 0.3) is 0 Å². The summed E-state index contributed by atoms with van der Waals surface area (Å²) < 4.78 is 0. The molecule has 1 amide bonds. The molecule has 4 nitrogen and oxygen atoms in total. The summed E-state index contributed by atoms with van der Waals surface area (Å²) in [5.41, 5.74) is 6.75. The first kappa shape index (κ1) is 15.2. The van der Waals surface area contributed by atoms with Crippen molar-refractivity contribution in [3.8, 4) is 6.07 Å². The normalized spacial score (nSPS) is 11.9. The van der Waals surface area contributed by atoms with Crippen molar-refractivity contribution in [2.24, 2.45) is 11.7 Å². The molecule has 0 aliphatic carbocycles. The van der Waals surface area contributed by atoms with Crippen molar-refractivity contribution >= 4 is 11.6 Å². The van der Waals surface area contributed by atoms with Crippen molar-refractivity contribution in [2.75, 3.05) is 11.4 Å². The number of hydrogen-bond donors (Lipinski definition) is 1. The minimum Gasteiger partial charge on any atom is -0.320 e. The van der Waals surface area contributed by atoms with Crippen LogP contribution in [0.5, 0.6) is 0 Å². The van der Waals surface area contributed by atoms with Crippen LogP contribution in [0, 0.1) is 17.2 Å². The Morgan fingerprint density at radius 2 is 2.00 bits per heavy atom. The molecule has 1 rings (SSSR count). The van der Waals surface area contributed by atoms with Gasteiger partial charge in [0.15, 0.2) is 0 Å². The maximum atomic E-state index is 12.4. The topological polar surface area (TPSA) is 70.1 Å². The van der Waals surface area contributed by atoms with Crippen LogP contribution in [0.1, 0.15) is 26.7 Å². The van der Waals surface area contributed by atoms with Gasteiger partial charge in [-0.25, -0.2) is 0 Å². The second-order valence-corrected chi connectivity index (χ2v) is 4.97. The molecule has 0 aromatic heterocycles. The molecular formula is C15H21N3O. The fourth-order valence-electron chi connectivity index (χ4n) is 1.95. The zero-order valence-corrected chi connectivity index (χ0v) is 11.5. The number of amides is 1. The van der Waals surface area contributed by atoms with Crippen molar-refractivity contribution < 1.29 is 4.79 Å². The molecular weight excluding hydrogens is 238 g/mol. The second kappa shape index (κ2) is 7.55. The molecule has 0 aliphatic heterocycles. The quantitative estimate of drug-likeness (QED) is 0.852. The molecule has 0 heterocycles. The molecule has 0 bridgehead atoms. The van der Waals surface area contributed by atoms with Gasteiger partial charge < -0.3 is 10.6 Å². The Morgan fingerprint density at radius 1 is 1.37 bits per heavy atom. The maximum absolute atomic E-state index is 12.4. The summed E-state index contributed by atoms with van der Waals surface area (Å²) in [5, 5.41) is 8.71. The molecule has 0 radical (unpaired) electrons. The van der Waals surface area contributed by atoms with E-state index in [0.29, 0.717) is 25.3 Å². The molecule has 2 N–H and O–H groups in total. The third-order valence-corrected chi connectivity index (χ3v) is 2.82. The predicted molar refractivity (Wildman–Crippen MR) is 76.5 cm³/mol. The smallest absolute Gasteiger partial charge is 0.243 e. The minimum atomic E-state index is -0.515. The van der Waals surface area contributed by atoms with Crippen LogP contribution in [0.15, 0.2) is 30.3 Å². The Morgan fingerprint density at radius 3 is 2.53 bits per heavy atom. The van der Waals surface area contributed by atoms with Gasteiger partial charge in [-0.15, -0.1) is 0 Å². The molecule has 0 saturated heterocycles. The van der Waals surface area contributed by atoms with Gasteiger partial charge in [0, 0.05) is 12.2 Å². The van der Waals surface area contributed by atoms with E-state index in [1.54, 1.807) is 4.90 Å². The molecule has 102 valence electrons. The fraction of sp³-hybridized carbons (Fsp3) is 0.467. The van der Waals surface area contributed by atoms with Gasteiger partial charge in [-0.05, 0) is 24.5 Å². The van der Waals surface area contributed by atoms with Gasteiger partial charge in [0.2, 0.25) is 5.91 Å². The van der Waals surface area contributed by atoms with Crippen LogP contribution in [-0.2, 0) is 4.79 Å². The van der Waals surface area contributed by atoms with Crippen LogP contribution >= 0.6 is 0 Å². The largest absolute Gasteiger partial charge is 0.320 e. The summed E-state index contributed by atoms with van der Waals surface area (Å²) in [7, 11) is 0. The van der Waals surface area contributed by atoms with Gasteiger partial charge in [0.1, 0.15) is 0 Å². The third-order valence-electron chi connectivity index (χ3n) is 2.82. The van der Waals surface area contributed by atoms with E-state index in [1.165, 1.54) is 0 Å². The summed E-state index contributed by atoms with van der Waals surface area (Å²) in [6, 6.07) is 10.9. The fourth-order valence-corrected chi connectivity index (χ4v) is 1.95. The van der Waals surface area contributed by atoms with E-state index < -0.39 is 6.04 Å². The number of hydrogen-bond acceptors (Lipinski definition) is 3. The number of para-hydroxylation sites is 1. The monoisotopic (exact) mass is 259 g/mol. The average molecular weight is 259 g/mol. The van der Waals surface area contributed by atoms with E-state index in [-0.39, 0.29) is 5.91 Å². The number of carbonyl (C=O) groups excluding carboxylic acids is 1. The number of anilines is 1. The molecule has 4 heteroatoms. The number of carbonyl (C=O) groups is 1. The van der Waals surface area contributed by atoms with Gasteiger partial charge >= 0.3 is 0 Å². The molecule has 0 unspecified atom stereocenters. The highest BCUT2D eigenvalue weighted by Crippen LogP contribution is 2.16. The van der Waals surface area contributed by atoms with Crippen LogP contribution in [0.3, 0.4) is 0 Å². The van der Waals surface area contributed by atoms with Crippen molar-refractivity contribution in [2.45, 2.75) is 32.7 Å². The van der Waals surface area contributed by atoms with Crippen molar-refractivity contribution in [3.05, 3.63) is 30.3 Å². The van der Waals surface area contributed by atoms with Crippen LogP contribution < -0.4 is 10.6 Å². The SMILES string of the molecule is CC(C)C[C@H](N)C(=O)N(CCC#N)c1ccccc1. The average Bonchev–Trinajstić information content (AvgIpc) is 2.39. The lowest BCUT2D eigenvalue weighted by Gasteiger charge is -2.25. The highest BCUT2D eigenvalue weighted by atomic mass is 16.2. The summed E-state index contributed by atoms with van der Waals surface area (Å²) in [4.78, 5) is 14.0. The van der Waals surface area contributed by atoms with E-state index in [1.807, 2.05) is 44.2 Å². The lowest BCUT2D eigenvalue weighted by molar-refractivity contribution is -0.120. The third kappa shape index (κ3) is 4.72. The van der Waals surface area contributed by atoms with E-state index >= 15 is 0 Å². The van der Waals surface area contributed by atoms with E-state index in [0.717, 1.165) is 5.69 Å². The minimum absolute atomic E-state index is 0.116. The van der Waals surface area contributed by atoms with Crippen molar-refractivity contribution in [1.29, 1.82) is 5.26 Å². The Balaban J connectivity index is 2.85. The number of nitriles is 1. The lowest BCUT2D eigenvalue weighted by Crippen LogP contribution is -2.45. The Labute approximate surface area is 114 Å². The lowest BCUT2D eigenvalue weighted by atomic mass is 10.0. The first-order valence-corrected chi connectivity index (χ1v) is 6.55. The number of benzene rings is 1. The van der Waals surface area contributed by atoms with Gasteiger partial charge in [-0.3, -0.25) is 4.79 Å². The molecule has 0 aliphatic rings. The predicted octanol–water partition coefficient (Wildman–Crippen LogP) is 2.31. The molecule has 0 saturated carbocycles. The summed E-state index contributed by atoms with van der Waals surface area (Å²) in [6.07, 6.45) is 0.948. The number of nitrogens with zero attached hydrogens (tertiary/aromatic N) is 2. The van der Waals surface area contributed by atoms with Crippen molar-refractivity contribution in [3.63, 3.8) is 0 Å². The van der Waals surface area contributed by atoms with Gasteiger partial charge in [0.05, 0.1) is 18.5 Å². The maximum Gasteiger partial charge on any atom is 0.243 e. The van der Waals surface area contributed by atoms with Gasteiger partial charge in [-0.2, -0.15) is 5.26 Å². The van der Waals surface area contributed by atoms with Gasteiger partial charge in [-0.1, -0.05) is 32.0 Å². The Bertz CT molecular complexity index is 436. The first-order chi connectivity index (χ1) is 9.06. The molecule has 0 spiro atoms. The molecule has 1 aromatic carbocycles. The standard InChI is InChI=1S/C15H21N3O/c1-12(2)11-14(17)15(19)18(10-6-9-16)13-7-4-3-5-8-13/h3-5,7-8,12,14H,6,10-11,17H2,1-2H3/t14-/m0/s1. The zero-order chi connectivity index (χ0) is 14.3. The van der Waals surface area contributed by atoms with Crippen LogP contribution in [0.2, 0.25) is 0 Å². The molecule has 1 atom stereocenters. The van der Waals surface area contributed by atoms with E-state index in [9.17, 15) is 4.79 Å². The number of rotatable bonds is 6. The van der Waals surface area contributed by atoms with E-state index in [2.05, 4.69) is 6.07 Å². The second-order valence-electron chi connectivity index (χ2n) is 4.97. The Kier molecular flexibility index (Phi) is 6.04. The van der Waals surface area contributed by atoms with Crippen LogP contribution in [0.4, 0.5) is 5.69 Å². The summed E-state index contributed by atoms with van der Waals surface area (Å²) in [6.45, 7) is 4.45. The summed E-state index contributed by atoms with van der Waals surface area (Å²) >= 11 is 0. The van der Waals surface area contributed by atoms with E-state index in [4.69, 9.17) is 11.0 Å². The summed E-state index contributed by atoms with van der Waals surface area (Å²) in [5.74, 6) is 0.252. The molecule has 0 fully saturated rings. The highest BCUT2D eigenvalue weighted by Gasteiger charge is 2.22. The Hall–Kier alpha value is -1.86. The van der Waals surface area contributed by atoms with Crippen LogP contribution in [-0.4, -0.2) is 18.5 Å². The highest BCUT2D eigenvalue weighted by molar-refractivity contribution is 5.97. The van der Waals surface area contributed by atoms with Crippen LogP contribution in [0.25, 0.3) is 0 Å².